The number of hydrogen-bond acceptors (Lipinski definition) is 3. The minimum Gasteiger partial charge on any atom is -0.381 e. The summed E-state index contributed by atoms with van der Waals surface area (Å²) in [6, 6.07) is 0.235. The summed E-state index contributed by atoms with van der Waals surface area (Å²) in [7, 11) is 0. The Bertz CT molecular complexity index is 412. The number of halogens is 1. The van der Waals surface area contributed by atoms with Crippen molar-refractivity contribution in [2.45, 2.75) is 44.2 Å². The summed E-state index contributed by atoms with van der Waals surface area (Å²) in [6.45, 7) is 2.64. The van der Waals surface area contributed by atoms with E-state index in [1.54, 1.807) is 0 Å². The molecule has 0 amide bonds. The van der Waals surface area contributed by atoms with Gasteiger partial charge < -0.3 is 15.0 Å². The van der Waals surface area contributed by atoms with E-state index in [2.05, 4.69) is 9.55 Å². The van der Waals surface area contributed by atoms with Crippen molar-refractivity contribution in [3.05, 3.63) is 16.7 Å². The standard InChI is InChI=1S/C12H18ClN3O/c13-11-10-7-9(14)1-4-16(10)12(15-11)8-2-5-17-6-3-8/h8-9H,1-7,14H2. The molecule has 1 unspecified atom stereocenters. The fourth-order valence-corrected chi connectivity index (χ4v) is 3.10. The van der Waals surface area contributed by atoms with Crippen LogP contribution >= 0.6 is 11.6 Å². The highest BCUT2D eigenvalue weighted by molar-refractivity contribution is 6.30. The van der Waals surface area contributed by atoms with Crippen LogP contribution in [0.2, 0.25) is 5.15 Å². The molecule has 3 heterocycles. The zero-order valence-electron chi connectivity index (χ0n) is 9.86. The number of hydrogen-bond donors (Lipinski definition) is 1. The minimum atomic E-state index is 0.235. The molecule has 2 aliphatic rings. The molecule has 1 aromatic heterocycles. The van der Waals surface area contributed by atoms with E-state index in [0.29, 0.717) is 11.1 Å². The van der Waals surface area contributed by atoms with Gasteiger partial charge in [-0.3, -0.25) is 0 Å². The maximum absolute atomic E-state index is 6.23. The molecule has 1 saturated heterocycles. The van der Waals surface area contributed by atoms with Crippen LogP contribution in [0.1, 0.15) is 36.7 Å². The van der Waals surface area contributed by atoms with Gasteiger partial charge in [-0.25, -0.2) is 4.98 Å². The van der Waals surface area contributed by atoms with E-state index in [4.69, 9.17) is 22.1 Å². The van der Waals surface area contributed by atoms with E-state index < -0.39 is 0 Å². The maximum atomic E-state index is 6.23. The van der Waals surface area contributed by atoms with Crippen molar-refractivity contribution >= 4 is 11.6 Å². The van der Waals surface area contributed by atoms with E-state index in [-0.39, 0.29) is 6.04 Å². The van der Waals surface area contributed by atoms with Gasteiger partial charge in [0.1, 0.15) is 5.82 Å². The van der Waals surface area contributed by atoms with Crippen LogP contribution in [-0.2, 0) is 17.7 Å². The summed E-state index contributed by atoms with van der Waals surface area (Å²) in [5.41, 5.74) is 7.12. The Kier molecular flexibility index (Phi) is 3.11. The molecule has 4 nitrogen and oxygen atoms in total. The van der Waals surface area contributed by atoms with Crippen molar-refractivity contribution in [2.24, 2.45) is 5.73 Å². The van der Waals surface area contributed by atoms with Crippen molar-refractivity contribution in [3.8, 4) is 0 Å². The summed E-state index contributed by atoms with van der Waals surface area (Å²) < 4.78 is 7.69. The smallest absolute Gasteiger partial charge is 0.150 e. The van der Waals surface area contributed by atoms with Crippen molar-refractivity contribution in [1.82, 2.24) is 9.55 Å². The van der Waals surface area contributed by atoms with Crippen LogP contribution in [0.15, 0.2) is 0 Å². The number of fused-ring (bicyclic) bond motifs is 1. The normalized spacial score (nSPS) is 25.9. The Morgan fingerprint density at radius 2 is 2.06 bits per heavy atom. The van der Waals surface area contributed by atoms with Crippen molar-refractivity contribution in [1.29, 1.82) is 0 Å². The van der Waals surface area contributed by atoms with E-state index in [1.807, 2.05) is 0 Å². The number of nitrogens with zero attached hydrogens (tertiary/aromatic N) is 2. The molecule has 0 spiro atoms. The van der Waals surface area contributed by atoms with Gasteiger partial charge in [-0.15, -0.1) is 0 Å². The van der Waals surface area contributed by atoms with E-state index in [1.165, 1.54) is 0 Å². The molecule has 1 fully saturated rings. The van der Waals surface area contributed by atoms with Gasteiger partial charge in [0.15, 0.2) is 5.15 Å². The fraction of sp³-hybridized carbons (Fsp3) is 0.750. The Morgan fingerprint density at radius 1 is 1.29 bits per heavy atom. The summed E-state index contributed by atoms with van der Waals surface area (Å²) in [6.07, 6.45) is 3.99. The quantitative estimate of drug-likeness (QED) is 0.831. The number of ether oxygens (including phenoxy) is 1. The molecule has 0 saturated carbocycles. The molecule has 17 heavy (non-hydrogen) atoms. The summed E-state index contributed by atoms with van der Waals surface area (Å²) in [5.74, 6) is 1.66. The highest BCUT2D eigenvalue weighted by atomic mass is 35.5. The third kappa shape index (κ3) is 2.09. The van der Waals surface area contributed by atoms with Gasteiger partial charge in [0.25, 0.3) is 0 Å². The van der Waals surface area contributed by atoms with Crippen LogP contribution in [0.3, 0.4) is 0 Å². The highest BCUT2D eigenvalue weighted by Gasteiger charge is 2.27. The Morgan fingerprint density at radius 3 is 2.82 bits per heavy atom. The van der Waals surface area contributed by atoms with Crippen molar-refractivity contribution in [3.63, 3.8) is 0 Å². The molecule has 0 aliphatic carbocycles. The molecule has 5 heteroatoms. The second kappa shape index (κ2) is 4.59. The lowest BCUT2D eigenvalue weighted by Gasteiger charge is -2.26. The molecular formula is C12H18ClN3O. The topological polar surface area (TPSA) is 53.1 Å². The summed E-state index contributed by atoms with van der Waals surface area (Å²) in [4.78, 5) is 4.57. The first-order chi connectivity index (χ1) is 8.25. The third-order valence-electron chi connectivity index (χ3n) is 3.82. The Hall–Kier alpha value is -0.580. The third-order valence-corrected chi connectivity index (χ3v) is 4.12. The van der Waals surface area contributed by atoms with Crippen LogP contribution in [0.4, 0.5) is 0 Å². The molecule has 1 aromatic rings. The van der Waals surface area contributed by atoms with E-state index >= 15 is 0 Å². The highest BCUT2D eigenvalue weighted by Crippen LogP contribution is 2.32. The van der Waals surface area contributed by atoms with Gasteiger partial charge in [0, 0.05) is 38.1 Å². The molecule has 2 N–H and O–H groups in total. The van der Waals surface area contributed by atoms with Crippen molar-refractivity contribution in [2.75, 3.05) is 13.2 Å². The number of aromatic nitrogens is 2. The predicted molar refractivity (Wildman–Crippen MR) is 66.3 cm³/mol. The van der Waals surface area contributed by atoms with Gasteiger partial charge >= 0.3 is 0 Å². The predicted octanol–water partition coefficient (Wildman–Crippen LogP) is 1.70. The molecular weight excluding hydrogens is 238 g/mol. The van der Waals surface area contributed by atoms with Gasteiger partial charge in [-0.1, -0.05) is 11.6 Å². The molecule has 1 atom stereocenters. The molecule has 3 rings (SSSR count). The van der Waals surface area contributed by atoms with Crippen LogP contribution in [0.5, 0.6) is 0 Å². The molecule has 0 bridgehead atoms. The molecule has 0 radical (unpaired) electrons. The summed E-state index contributed by atoms with van der Waals surface area (Å²) >= 11 is 6.23. The summed E-state index contributed by atoms with van der Waals surface area (Å²) in [5, 5.41) is 0.654. The zero-order valence-corrected chi connectivity index (χ0v) is 10.6. The van der Waals surface area contributed by atoms with Gasteiger partial charge in [-0.05, 0) is 19.3 Å². The van der Waals surface area contributed by atoms with Crippen LogP contribution < -0.4 is 5.73 Å². The molecule has 94 valence electrons. The maximum Gasteiger partial charge on any atom is 0.150 e. The molecule has 0 aromatic carbocycles. The lowest BCUT2D eigenvalue weighted by atomic mass is 9.98. The average molecular weight is 256 g/mol. The molecule has 2 aliphatic heterocycles. The van der Waals surface area contributed by atoms with E-state index in [0.717, 1.165) is 57.0 Å². The van der Waals surface area contributed by atoms with Crippen LogP contribution in [0, 0.1) is 0 Å². The Balaban J connectivity index is 1.92. The monoisotopic (exact) mass is 255 g/mol. The van der Waals surface area contributed by atoms with Gasteiger partial charge in [-0.2, -0.15) is 0 Å². The average Bonchev–Trinajstić information content (AvgIpc) is 2.68. The van der Waals surface area contributed by atoms with Gasteiger partial charge in [0.2, 0.25) is 0 Å². The number of imidazole rings is 1. The van der Waals surface area contributed by atoms with Crippen LogP contribution in [-0.4, -0.2) is 28.8 Å². The fourth-order valence-electron chi connectivity index (χ4n) is 2.83. The van der Waals surface area contributed by atoms with Crippen LogP contribution in [0.25, 0.3) is 0 Å². The SMILES string of the molecule is NC1CCn2c(C3CCOCC3)nc(Cl)c2C1. The lowest BCUT2D eigenvalue weighted by molar-refractivity contribution is 0.0826. The Labute approximate surface area is 106 Å². The number of rotatable bonds is 1. The second-order valence-electron chi connectivity index (χ2n) is 5.00. The van der Waals surface area contributed by atoms with Crippen molar-refractivity contribution < 1.29 is 4.74 Å². The zero-order chi connectivity index (χ0) is 11.8. The lowest BCUT2D eigenvalue weighted by Crippen LogP contribution is -2.31. The first kappa shape index (κ1) is 11.5. The number of nitrogens with two attached hydrogens (primary N) is 1. The van der Waals surface area contributed by atoms with Gasteiger partial charge in [0.05, 0.1) is 5.69 Å². The second-order valence-corrected chi connectivity index (χ2v) is 5.36. The first-order valence-corrected chi connectivity index (χ1v) is 6.71. The van der Waals surface area contributed by atoms with E-state index in [9.17, 15) is 0 Å². The minimum absolute atomic E-state index is 0.235. The first-order valence-electron chi connectivity index (χ1n) is 6.34. The largest absolute Gasteiger partial charge is 0.381 e.